The summed E-state index contributed by atoms with van der Waals surface area (Å²) in [5.41, 5.74) is -1.11. The first-order chi connectivity index (χ1) is 15.8. The van der Waals surface area contributed by atoms with E-state index in [1.807, 2.05) is 12.1 Å². The molecule has 1 aromatic rings. The smallest absolute Gasteiger partial charge is 0.232 e. The third-order valence-corrected chi connectivity index (χ3v) is 6.09. The van der Waals surface area contributed by atoms with Gasteiger partial charge in [-0.05, 0) is 62.1 Å². The van der Waals surface area contributed by atoms with Crippen LogP contribution in [0.3, 0.4) is 0 Å². The van der Waals surface area contributed by atoms with E-state index in [0.717, 1.165) is 5.56 Å². The van der Waals surface area contributed by atoms with Crippen LogP contribution in [0, 0.1) is 5.92 Å². The molecular formula is C24H38O9. The molecule has 0 spiro atoms. The van der Waals surface area contributed by atoms with Crippen LogP contribution in [0.4, 0.5) is 0 Å². The van der Waals surface area contributed by atoms with Crippen molar-refractivity contribution in [1.29, 1.82) is 0 Å². The Balaban J connectivity index is 2.31. The van der Waals surface area contributed by atoms with Gasteiger partial charge in [0.15, 0.2) is 5.60 Å². The summed E-state index contributed by atoms with van der Waals surface area (Å²) in [6, 6.07) is 6.98. The summed E-state index contributed by atoms with van der Waals surface area (Å²) in [6.45, 7) is 3.14. The van der Waals surface area contributed by atoms with Gasteiger partial charge >= 0.3 is 0 Å². The fourth-order valence-electron chi connectivity index (χ4n) is 4.18. The highest BCUT2D eigenvalue weighted by Crippen LogP contribution is 2.38. The Morgan fingerprint density at radius 1 is 1.06 bits per heavy atom. The lowest BCUT2D eigenvalue weighted by atomic mass is 9.77. The summed E-state index contributed by atoms with van der Waals surface area (Å²) in [5, 5.41) is 71.4. The van der Waals surface area contributed by atoms with Crippen molar-refractivity contribution in [2.75, 3.05) is 19.8 Å². The Morgan fingerprint density at radius 3 is 2.27 bits per heavy atom. The summed E-state index contributed by atoms with van der Waals surface area (Å²) >= 11 is 0. The minimum absolute atomic E-state index is 0.0906. The molecule has 0 unspecified atom stereocenters. The number of aliphatic hydroxyl groups is 7. The lowest BCUT2D eigenvalue weighted by Gasteiger charge is -2.49. The summed E-state index contributed by atoms with van der Waals surface area (Å²) in [6.07, 6.45) is -3.91. The van der Waals surface area contributed by atoms with Crippen LogP contribution in [0.1, 0.15) is 37.7 Å². The highest BCUT2D eigenvalue weighted by molar-refractivity contribution is 5.28. The summed E-state index contributed by atoms with van der Waals surface area (Å²) in [4.78, 5) is 0. The van der Waals surface area contributed by atoms with Crippen molar-refractivity contribution in [3.05, 3.63) is 42.5 Å². The van der Waals surface area contributed by atoms with E-state index in [4.69, 9.17) is 19.7 Å². The molecule has 1 aliphatic heterocycles. The Labute approximate surface area is 194 Å². The van der Waals surface area contributed by atoms with Crippen molar-refractivity contribution in [1.82, 2.24) is 0 Å². The third-order valence-electron chi connectivity index (χ3n) is 6.09. The number of benzene rings is 1. The first kappa shape index (κ1) is 27.7. The zero-order valence-electron chi connectivity index (χ0n) is 18.9. The van der Waals surface area contributed by atoms with E-state index in [0.29, 0.717) is 25.0 Å². The quantitative estimate of drug-likeness (QED) is 0.184. The van der Waals surface area contributed by atoms with Crippen molar-refractivity contribution in [3.63, 3.8) is 0 Å². The second-order valence-corrected chi connectivity index (χ2v) is 8.67. The van der Waals surface area contributed by atoms with E-state index in [-0.39, 0.29) is 39.1 Å². The fourth-order valence-corrected chi connectivity index (χ4v) is 4.18. The molecule has 0 bridgehead atoms. The largest absolute Gasteiger partial charge is 0.462 e. The lowest BCUT2D eigenvalue weighted by molar-refractivity contribution is -0.333. The second-order valence-electron chi connectivity index (χ2n) is 8.67. The normalized spacial score (nSPS) is 29.4. The monoisotopic (exact) mass is 470 g/mol. The van der Waals surface area contributed by atoms with Gasteiger partial charge < -0.3 is 45.2 Å². The molecule has 2 rings (SSSR count). The van der Waals surface area contributed by atoms with Gasteiger partial charge in [-0.15, -0.1) is 6.58 Å². The molecular weight excluding hydrogens is 432 g/mol. The van der Waals surface area contributed by atoms with Crippen LogP contribution in [0.15, 0.2) is 36.9 Å². The number of ether oxygens (including phenoxy) is 2. The topological polar surface area (TPSA) is 160 Å². The van der Waals surface area contributed by atoms with E-state index < -0.39 is 42.2 Å². The zero-order chi connectivity index (χ0) is 24.4. The van der Waals surface area contributed by atoms with E-state index >= 15 is 0 Å². The van der Waals surface area contributed by atoms with Crippen LogP contribution in [-0.2, 0) is 11.2 Å². The van der Waals surface area contributed by atoms with Gasteiger partial charge in [0.25, 0.3) is 0 Å². The summed E-state index contributed by atoms with van der Waals surface area (Å²) in [5.74, 6) is -0.154. The Hall–Kier alpha value is -1.56. The fraction of sp³-hybridized carbons (Fsp3) is 0.667. The molecule has 1 aromatic carbocycles. The third kappa shape index (κ3) is 7.21. The van der Waals surface area contributed by atoms with Crippen molar-refractivity contribution in [3.8, 4) is 5.75 Å². The van der Waals surface area contributed by atoms with Crippen LogP contribution >= 0.6 is 0 Å². The molecule has 9 nitrogen and oxygen atoms in total. The molecule has 0 aliphatic carbocycles. The maximum absolute atomic E-state index is 11.5. The van der Waals surface area contributed by atoms with Gasteiger partial charge in [0.1, 0.15) is 24.1 Å². The zero-order valence-corrected chi connectivity index (χ0v) is 18.9. The number of hydrogen-bond donors (Lipinski definition) is 7. The van der Waals surface area contributed by atoms with Gasteiger partial charge in [-0.2, -0.15) is 0 Å². The molecule has 188 valence electrons. The number of rotatable bonds is 14. The van der Waals surface area contributed by atoms with Crippen molar-refractivity contribution >= 4 is 0 Å². The van der Waals surface area contributed by atoms with Crippen molar-refractivity contribution < 1.29 is 45.2 Å². The van der Waals surface area contributed by atoms with Crippen LogP contribution in [-0.4, -0.2) is 91.9 Å². The molecule has 1 aliphatic rings. The van der Waals surface area contributed by atoms with Gasteiger partial charge in [0, 0.05) is 19.8 Å². The van der Waals surface area contributed by atoms with E-state index in [1.165, 1.54) is 0 Å². The number of hydrogen-bond acceptors (Lipinski definition) is 9. The molecule has 9 heteroatoms. The standard InChI is InChI=1S/C24H38O9/c1-2-5-16-8-10-18(11-9-16)32-23-24(31,14-17(15-27)6-3-12-25)22(30)20(29)21(33-23)19(28)7-4-13-26/h2,8-11,17,19-23,25-31H,1,3-7,12-15H2/t17-,19+,20-,21-,22+,23-,24-/m1/s1. The highest BCUT2D eigenvalue weighted by Gasteiger charge is 2.57. The van der Waals surface area contributed by atoms with Gasteiger partial charge in [-0.3, -0.25) is 0 Å². The average molecular weight is 471 g/mol. The molecule has 1 fully saturated rings. The molecule has 7 atom stereocenters. The van der Waals surface area contributed by atoms with Crippen molar-refractivity contribution in [2.24, 2.45) is 5.92 Å². The molecule has 7 N–H and O–H groups in total. The Kier molecular flexibility index (Phi) is 11.2. The predicted molar refractivity (Wildman–Crippen MR) is 120 cm³/mol. The van der Waals surface area contributed by atoms with Crippen LogP contribution in [0.2, 0.25) is 0 Å². The highest BCUT2D eigenvalue weighted by atomic mass is 16.7. The van der Waals surface area contributed by atoms with Gasteiger partial charge in [0.2, 0.25) is 6.29 Å². The Bertz CT molecular complexity index is 698. The molecule has 1 saturated heterocycles. The maximum atomic E-state index is 11.5. The van der Waals surface area contributed by atoms with Gasteiger partial charge in [-0.1, -0.05) is 18.2 Å². The van der Waals surface area contributed by atoms with Gasteiger partial charge in [0.05, 0.1) is 6.10 Å². The van der Waals surface area contributed by atoms with Crippen LogP contribution in [0.5, 0.6) is 5.75 Å². The first-order valence-corrected chi connectivity index (χ1v) is 11.4. The minimum Gasteiger partial charge on any atom is -0.462 e. The summed E-state index contributed by atoms with van der Waals surface area (Å²) in [7, 11) is 0. The van der Waals surface area contributed by atoms with Crippen LogP contribution in [0.25, 0.3) is 0 Å². The number of allylic oxidation sites excluding steroid dienone is 1. The molecule has 1 heterocycles. The van der Waals surface area contributed by atoms with Crippen LogP contribution < -0.4 is 4.74 Å². The SMILES string of the molecule is C=CCc1ccc(O[C@@H]2O[C@H]([C@@H](O)CCCO)[C@@H](O)[C@H](O)[C@]2(O)C[C@H](CO)CCCO)cc1. The molecule has 0 radical (unpaired) electrons. The molecule has 0 aromatic heterocycles. The average Bonchev–Trinajstić information content (AvgIpc) is 2.82. The lowest BCUT2D eigenvalue weighted by Crippen LogP contribution is -2.69. The maximum Gasteiger partial charge on any atom is 0.232 e. The first-order valence-electron chi connectivity index (χ1n) is 11.4. The minimum atomic E-state index is -2.10. The van der Waals surface area contributed by atoms with Gasteiger partial charge in [-0.25, -0.2) is 0 Å². The molecule has 0 amide bonds. The predicted octanol–water partition coefficient (Wildman–Crippen LogP) is -0.124. The van der Waals surface area contributed by atoms with E-state index in [9.17, 15) is 25.5 Å². The molecule has 0 saturated carbocycles. The van der Waals surface area contributed by atoms with E-state index in [1.54, 1.807) is 18.2 Å². The summed E-state index contributed by atoms with van der Waals surface area (Å²) < 4.78 is 11.7. The molecule has 33 heavy (non-hydrogen) atoms. The number of aliphatic hydroxyl groups excluding tert-OH is 6. The Morgan fingerprint density at radius 2 is 1.70 bits per heavy atom. The van der Waals surface area contributed by atoms with Crippen molar-refractivity contribution in [2.45, 2.75) is 74.8 Å². The second kappa shape index (κ2) is 13.4. The van der Waals surface area contributed by atoms with E-state index in [2.05, 4.69) is 6.58 Å².